The number of carbonyl (C=O) groups is 1. The highest BCUT2D eigenvalue weighted by atomic mass is 32.1. The molecule has 5 nitrogen and oxygen atoms in total. The summed E-state index contributed by atoms with van der Waals surface area (Å²) >= 11 is 1.89. The Kier molecular flexibility index (Phi) is 4.86. The smallest absolute Gasteiger partial charge is 0.219 e. The predicted molar refractivity (Wildman–Crippen MR) is 107 cm³/mol. The molecule has 3 heterocycles. The van der Waals surface area contributed by atoms with Crippen LogP contribution >= 0.6 is 11.3 Å². The standard InChI is InChI=1S/C20H28N4OS/c1-13(2)18-21-19(24-11-9-23(10-12-24)14(3)25)17-15-7-5-4-6-8-16(15)26-20(17)22-18/h13H,4-12H2,1-3H3. The van der Waals surface area contributed by atoms with Crippen LogP contribution in [0.3, 0.4) is 0 Å². The molecule has 0 aromatic carbocycles. The van der Waals surface area contributed by atoms with E-state index in [1.54, 1.807) is 6.92 Å². The van der Waals surface area contributed by atoms with Crippen molar-refractivity contribution in [2.75, 3.05) is 31.1 Å². The molecule has 0 bridgehead atoms. The van der Waals surface area contributed by atoms with Crippen LogP contribution in [0, 0.1) is 0 Å². The quantitative estimate of drug-likeness (QED) is 0.753. The highest BCUT2D eigenvalue weighted by Crippen LogP contribution is 2.40. The first-order valence-electron chi connectivity index (χ1n) is 9.87. The summed E-state index contributed by atoms with van der Waals surface area (Å²) < 4.78 is 0. The fraction of sp³-hybridized carbons (Fsp3) is 0.650. The normalized spacial score (nSPS) is 18.3. The number of nitrogens with zero attached hydrogens (tertiary/aromatic N) is 4. The van der Waals surface area contributed by atoms with Gasteiger partial charge in [0.2, 0.25) is 5.91 Å². The second kappa shape index (κ2) is 7.14. The van der Waals surface area contributed by atoms with E-state index >= 15 is 0 Å². The van der Waals surface area contributed by atoms with Crippen molar-refractivity contribution in [2.24, 2.45) is 0 Å². The minimum absolute atomic E-state index is 0.171. The lowest BCUT2D eigenvalue weighted by Crippen LogP contribution is -2.48. The van der Waals surface area contributed by atoms with Gasteiger partial charge in [-0.15, -0.1) is 11.3 Å². The summed E-state index contributed by atoms with van der Waals surface area (Å²) in [5, 5.41) is 1.30. The molecule has 0 atom stereocenters. The maximum absolute atomic E-state index is 11.7. The largest absolute Gasteiger partial charge is 0.352 e. The molecule has 1 fully saturated rings. The van der Waals surface area contributed by atoms with E-state index in [0.717, 1.165) is 44.2 Å². The fourth-order valence-corrected chi connectivity index (χ4v) is 5.31. The van der Waals surface area contributed by atoms with Crippen molar-refractivity contribution >= 4 is 33.3 Å². The van der Waals surface area contributed by atoms with Gasteiger partial charge in [-0.25, -0.2) is 9.97 Å². The average Bonchev–Trinajstić information content (AvgIpc) is 2.82. The number of aryl methyl sites for hydroxylation is 2. The zero-order valence-corrected chi connectivity index (χ0v) is 16.9. The number of carbonyl (C=O) groups excluding carboxylic acids is 1. The number of anilines is 1. The van der Waals surface area contributed by atoms with Crippen LogP contribution in [0.1, 0.15) is 62.2 Å². The number of piperazine rings is 1. The Morgan fingerprint density at radius 2 is 1.77 bits per heavy atom. The van der Waals surface area contributed by atoms with E-state index in [0.29, 0.717) is 5.92 Å². The van der Waals surface area contributed by atoms with Gasteiger partial charge in [-0.1, -0.05) is 20.3 Å². The first kappa shape index (κ1) is 17.7. The highest BCUT2D eigenvalue weighted by Gasteiger charge is 2.26. The number of amides is 1. The van der Waals surface area contributed by atoms with Crippen LogP contribution in [0.25, 0.3) is 10.2 Å². The van der Waals surface area contributed by atoms with Crippen molar-refractivity contribution < 1.29 is 4.79 Å². The Morgan fingerprint density at radius 3 is 2.46 bits per heavy atom. The van der Waals surface area contributed by atoms with Crippen molar-refractivity contribution in [1.82, 2.24) is 14.9 Å². The molecular weight excluding hydrogens is 344 g/mol. The molecule has 0 unspecified atom stereocenters. The monoisotopic (exact) mass is 372 g/mol. The Balaban J connectivity index is 1.78. The Hall–Kier alpha value is -1.69. The van der Waals surface area contributed by atoms with Crippen molar-refractivity contribution in [2.45, 2.75) is 58.8 Å². The van der Waals surface area contributed by atoms with Crippen LogP contribution in [-0.2, 0) is 17.6 Å². The second-order valence-electron chi connectivity index (χ2n) is 7.80. The van der Waals surface area contributed by atoms with Gasteiger partial charge in [0.25, 0.3) is 0 Å². The van der Waals surface area contributed by atoms with Crippen molar-refractivity contribution in [3.8, 4) is 0 Å². The molecule has 1 aliphatic heterocycles. The van der Waals surface area contributed by atoms with Gasteiger partial charge in [0, 0.05) is 43.9 Å². The van der Waals surface area contributed by atoms with Crippen LogP contribution in [-0.4, -0.2) is 47.0 Å². The molecule has 4 rings (SSSR count). The summed E-state index contributed by atoms with van der Waals surface area (Å²) in [7, 11) is 0. The van der Waals surface area contributed by atoms with Gasteiger partial charge in [0.05, 0.1) is 5.39 Å². The molecule has 140 valence electrons. The van der Waals surface area contributed by atoms with Gasteiger partial charge in [-0.3, -0.25) is 4.79 Å². The third-order valence-corrected chi connectivity index (χ3v) is 6.79. The van der Waals surface area contributed by atoms with E-state index in [4.69, 9.17) is 9.97 Å². The first-order valence-corrected chi connectivity index (χ1v) is 10.7. The summed E-state index contributed by atoms with van der Waals surface area (Å²) in [6.45, 7) is 9.26. The van der Waals surface area contributed by atoms with E-state index in [2.05, 4.69) is 18.7 Å². The van der Waals surface area contributed by atoms with Gasteiger partial charge in [0.1, 0.15) is 16.5 Å². The molecule has 0 radical (unpaired) electrons. The van der Waals surface area contributed by atoms with Crippen molar-refractivity contribution in [3.63, 3.8) is 0 Å². The maximum Gasteiger partial charge on any atom is 0.219 e. The van der Waals surface area contributed by atoms with Gasteiger partial charge >= 0.3 is 0 Å². The molecule has 2 aromatic heterocycles. The molecule has 1 saturated heterocycles. The molecule has 6 heteroatoms. The second-order valence-corrected chi connectivity index (χ2v) is 8.88. The molecule has 2 aromatic rings. The van der Waals surface area contributed by atoms with E-state index < -0.39 is 0 Å². The number of aromatic nitrogens is 2. The van der Waals surface area contributed by atoms with Gasteiger partial charge in [-0.05, 0) is 31.2 Å². The minimum Gasteiger partial charge on any atom is -0.352 e. The number of hydrogen-bond acceptors (Lipinski definition) is 5. The predicted octanol–water partition coefficient (Wildman–Crippen LogP) is 3.75. The molecule has 1 aliphatic carbocycles. The van der Waals surface area contributed by atoms with Gasteiger partial charge < -0.3 is 9.80 Å². The Labute approximate surface area is 159 Å². The third-order valence-electron chi connectivity index (χ3n) is 5.60. The van der Waals surface area contributed by atoms with Crippen LogP contribution < -0.4 is 4.90 Å². The summed E-state index contributed by atoms with van der Waals surface area (Å²) in [5.74, 6) is 2.54. The van der Waals surface area contributed by atoms with Crippen molar-refractivity contribution in [3.05, 3.63) is 16.3 Å². The van der Waals surface area contributed by atoms with E-state index in [1.165, 1.54) is 46.3 Å². The Bertz CT molecular complexity index is 821. The van der Waals surface area contributed by atoms with Crippen molar-refractivity contribution in [1.29, 1.82) is 0 Å². The molecule has 2 aliphatic rings. The van der Waals surface area contributed by atoms with E-state index in [1.807, 2.05) is 16.2 Å². The lowest BCUT2D eigenvalue weighted by atomic mass is 10.1. The third kappa shape index (κ3) is 3.20. The van der Waals surface area contributed by atoms with E-state index in [9.17, 15) is 4.79 Å². The number of fused-ring (bicyclic) bond motifs is 3. The molecular formula is C20H28N4OS. The molecule has 26 heavy (non-hydrogen) atoms. The zero-order valence-electron chi connectivity index (χ0n) is 16.0. The first-order chi connectivity index (χ1) is 12.5. The summed E-state index contributed by atoms with van der Waals surface area (Å²) in [5.41, 5.74) is 1.50. The topological polar surface area (TPSA) is 49.3 Å². The number of thiophene rings is 1. The average molecular weight is 373 g/mol. The summed E-state index contributed by atoms with van der Waals surface area (Å²) in [6.07, 6.45) is 6.21. The Morgan fingerprint density at radius 1 is 1.04 bits per heavy atom. The fourth-order valence-electron chi connectivity index (χ4n) is 4.05. The van der Waals surface area contributed by atoms with Crippen LogP contribution in [0.4, 0.5) is 5.82 Å². The van der Waals surface area contributed by atoms with Crippen LogP contribution in [0.15, 0.2) is 0 Å². The summed E-state index contributed by atoms with van der Waals surface area (Å²) in [4.78, 5) is 28.6. The van der Waals surface area contributed by atoms with Gasteiger partial charge in [-0.2, -0.15) is 0 Å². The lowest BCUT2D eigenvalue weighted by molar-refractivity contribution is -0.129. The molecule has 0 spiro atoms. The van der Waals surface area contributed by atoms with Gasteiger partial charge in [0.15, 0.2) is 0 Å². The SMILES string of the molecule is CC(=O)N1CCN(c2nc(C(C)C)nc3sc4c(c23)CCCCC4)CC1. The molecule has 0 N–H and O–H groups in total. The number of hydrogen-bond donors (Lipinski definition) is 0. The zero-order chi connectivity index (χ0) is 18.3. The minimum atomic E-state index is 0.171. The highest BCUT2D eigenvalue weighted by molar-refractivity contribution is 7.19. The number of rotatable bonds is 2. The van der Waals surface area contributed by atoms with Crippen LogP contribution in [0.5, 0.6) is 0 Å². The van der Waals surface area contributed by atoms with E-state index in [-0.39, 0.29) is 5.91 Å². The molecule has 0 saturated carbocycles. The summed E-state index contributed by atoms with van der Waals surface area (Å²) in [6, 6.07) is 0. The molecule has 1 amide bonds. The lowest BCUT2D eigenvalue weighted by Gasteiger charge is -2.35. The maximum atomic E-state index is 11.7. The van der Waals surface area contributed by atoms with Crippen LogP contribution in [0.2, 0.25) is 0 Å².